The SMILES string of the molecule is CC(CNc1ccc([N+](=O)[O-])cc1N)C(C)(C)C. The van der Waals surface area contributed by atoms with Crippen LogP contribution in [0.2, 0.25) is 0 Å². The van der Waals surface area contributed by atoms with Crippen LogP contribution in [0, 0.1) is 21.4 Å². The molecule has 1 aromatic rings. The first-order valence-electron chi connectivity index (χ1n) is 5.99. The van der Waals surface area contributed by atoms with Crippen molar-refractivity contribution in [3.05, 3.63) is 28.3 Å². The lowest BCUT2D eigenvalue weighted by atomic mass is 9.82. The second kappa shape index (κ2) is 5.25. The van der Waals surface area contributed by atoms with E-state index in [9.17, 15) is 10.1 Å². The van der Waals surface area contributed by atoms with Gasteiger partial charge < -0.3 is 11.1 Å². The fourth-order valence-corrected chi connectivity index (χ4v) is 1.39. The maximum Gasteiger partial charge on any atom is 0.271 e. The first kappa shape index (κ1) is 14.3. The number of nitrogens with zero attached hydrogens (tertiary/aromatic N) is 1. The molecule has 0 amide bonds. The molecule has 0 radical (unpaired) electrons. The minimum absolute atomic E-state index is 0.0157. The number of anilines is 2. The third-order valence-corrected chi connectivity index (χ3v) is 3.32. The van der Waals surface area contributed by atoms with Gasteiger partial charge in [-0.3, -0.25) is 10.1 Å². The molecule has 1 rings (SSSR count). The topological polar surface area (TPSA) is 81.2 Å². The number of rotatable bonds is 4. The molecule has 0 bridgehead atoms. The molecular formula is C13H21N3O2. The maximum absolute atomic E-state index is 10.6. The van der Waals surface area contributed by atoms with E-state index in [0.717, 1.165) is 12.2 Å². The molecule has 18 heavy (non-hydrogen) atoms. The number of non-ortho nitro benzene ring substituents is 1. The molecule has 0 spiro atoms. The fraction of sp³-hybridized carbons (Fsp3) is 0.538. The number of nitrogen functional groups attached to an aromatic ring is 1. The average Bonchev–Trinajstić information content (AvgIpc) is 2.25. The predicted octanol–water partition coefficient (Wildman–Crippen LogP) is 3.27. The van der Waals surface area contributed by atoms with Gasteiger partial charge in [-0.05, 0) is 17.4 Å². The normalized spacial score (nSPS) is 13.1. The minimum atomic E-state index is -0.447. The van der Waals surface area contributed by atoms with Gasteiger partial charge in [0, 0.05) is 18.7 Å². The van der Waals surface area contributed by atoms with Crippen molar-refractivity contribution in [1.82, 2.24) is 0 Å². The van der Waals surface area contributed by atoms with E-state index in [2.05, 4.69) is 33.0 Å². The molecule has 1 unspecified atom stereocenters. The van der Waals surface area contributed by atoms with Gasteiger partial charge in [-0.1, -0.05) is 27.7 Å². The van der Waals surface area contributed by atoms with E-state index in [1.54, 1.807) is 6.07 Å². The predicted molar refractivity (Wildman–Crippen MR) is 74.6 cm³/mol. The lowest BCUT2D eigenvalue weighted by Crippen LogP contribution is -2.25. The van der Waals surface area contributed by atoms with Crippen molar-refractivity contribution in [3.8, 4) is 0 Å². The Balaban J connectivity index is 2.72. The summed E-state index contributed by atoms with van der Waals surface area (Å²) in [6.07, 6.45) is 0. The Morgan fingerprint density at radius 2 is 2.06 bits per heavy atom. The van der Waals surface area contributed by atoms with E-state index in [-0.39, 0.29) is 11.1 Å². The van der Waals surface area contributed by atoms with E-state index in [4.69, 9.17) is 5.73 Å². The smallest absolute Gasteiger partial charge is 0.271 e. The average molecular weight is 251 g/mol. The number of nitrogens with one attached hydrogen (secondary N) is 1. The Kier molecular flexibility index (Phi) is 4.16. The maximum atomic E-state index is 10.6. The Labute approximate surface area is 108 Å². The molecule has 0 saturated carbocycles. The Morgan fingerprint density at radius 1 is 1.44 bits per heavy atom. The number of nitrogens with two attached hydrogens (primary N) is 1. The lowest BCUT2D eigenvalue weighted by molar-refractivity contribution is -0.384. The van der Waals surface area contributed by atoms with Gasteiger partial charge in [0.1, 0.15) is 0 Å². The Hall–Kier alpha value is -1.78. The molecule has 0 aliphatic carbocycles. The van der Waals surface area contributed by atoms with Crippen molar-refractivity contribution in [3.63, 3.8) is 0 Å². The highest BCUT2D eigenvalue weighted by atomic mass is 16.6. The molecule has 0 aliphatic heterocycles. The summed E-state index contributed by atoms with van der Waals surface area (Å²) < 4.78 is 0. The van der Waals surface area contributed by atoms with Crippen molar-refractivity contribution in [1.29, 1.82) is 0 Å². The molecule has 5 nitrogen and oxygen atoms in total. The summed E-state index contributed by atoms with van der Waals surface area (Å²) in [6.45, 7) is 9.48. The Morgan fingerprint density at radius 3 is 2.50 bits per heavy atom. The summed E-state index contributed by atoms with van der Waals surface area (Å²) in [4.78, 5) is 10.1. The highest BCUT2D eigenvalue weighted by molar-refractivity contribution is 5.69. The van der Waals surface area contributed by atoms with Crippen molar-refractivity contribution in [2.45, 2.75) is 27.7 Å². The van der Waals surface area contributed by atoms with Crippen LogP contribution in [0.5, 0.6) is 0 Å². The van der Waals surface area contributed by atoms with Gasteiger partial charge in [0.15, 0.2) is 0 Å². The van der Waals surface area contributed by atoms with Gasteiger partial charge in [-0.2, -0.15) is 0 Å². The molecule has 3 N–H and O–H groups in total. The van der Waals surface area contributed by atoms with E-state index in [0.29, 0.717) is 11.6 Å². The van der Waals surface area contributed by atoms with Gasteiger partial charge in [0.05, 0.1) is 16.3 Å². The van der Waals surface area contributed by atoms with E-state index in [1.165, 1.54) is 12.1 Å². The molecule has 0 saturated heterocycles. The van der Waals surface area contributed by atoms with Crippen LogP contribution in [-0.2, 0) is 0 Å². The van der Waals surface area contributed by atoms with E-state index < -0.39 is 4.92 Å². The largest absolute Gasteiger partial charge is 0.397 e. The zero-order valence-electron chi connectivity index (χ0n) is 11.4. The van der Waals surface area contributed by atoms with Crippen molar-refractivity contribution < 1.29 is 4.92 Å². The summed E-state index contributed by atoms with van der Waals surface area (Å²) in [7, 11) is 0. The van der Waals surface area contributed by atoms with Crippen LogP contribution in [0.25, 0.3) is 0 Å². The van der Waals surface area contributed by atoms with Crippen LogP contribution < -0.4 is 11.1 Å². The second-order valence-corrected chi connectivity index (χ2v) is 5.68. The van der Waals surface area contributed by atoms with Crippen LogP contribution in [0.15, 0.2) is 18.2 Å². The number of benzene rings is 1. The lowest BCUT2D eigenvalue weighted by Gasteiger charge is -2.27. The molecule has 0 fully saturated rings. The monoisotopic (exact) mass is 251 g/mol. The van der Waals surface area contributed by atoms with Crippen LogP contribution >= 0.6 is 0 Å². The molecule has 0 aromatic heterocycles. The molecule has 1 atom stereocenters. The first-order chi connectivity index (χ1) is 8.21. The summed E-state index contributed by atoms with van der Waals surface area (Å²) in [5.41, 5.74) is 7.17. The first-order valence-corrected chi connectivity index (χ1v) is 5.99. The zero-order chi connectivity index (χ0) is 13.9. The van der Waals surface area contributed by atoms with Crippen LogP contribution in [0.1, 0.15) is 27.7 Å². The number of hydrogen-bond acceptors (Lipinski definition) is 4. The Bertz CT molecular complexity index is 438. The van der Waals surface area contributed by atoms with Crippen LogP contribution in [0.3, 0.4) is 0 Å². The quantitative estimate of drug-likeness (QED) is 0.489. The summed E-state index contributed by atoms with van der Waals surface area (Å²) in [5.74, 6) is 0.465. The van der Waals surface area contributed by atoms with Gasteiger partial charge >= 0.3 is 0 Å². The summed E-state index contributed by atoms with van der Waals surface area (Å²) >= 11 is 0. The third kappa shape index (κ3) is 3.61. The molecule has 0 heterocycles. The van der Waals surface area contributed by atoms with Crippen LogP contribution in [-0.4, -0.2) is 11.5 Å². The van der Waals surface area contributed by atoms with Gasteiger partial charge in [0.2, 0.25) is 0 Å². The molecule has 0 aliphatic rings. The van der Waals surface area contributed by atoms with Crippen LogP contribution in [0.4, 0.5) is 17.1 Å². The van der Waals surface area contributed by atoms with Crippen molar-refractivity contribution in [2.75, 3.05) is 17.6 Å². The van der Waals surface area contributed by atoms with Gasteiger partial charge in [-0.15, -0.1) is 0 Å². The van der Waals surface area contributed by atoms with E-state index >= 15 is 0 Å². The number of nitro groups is 1. The van der Waals surface area contributed by atoms with E-state index in [1.807, 2.05) is 0 Å². The summed E-state index contributed by atoms with van der Waals surface area (Å²) in [5, 5.41) is 13.8. The van der Waals surface area contributed by atoms with Gasteiger partial charge in [0.25, 0.3) is 5.69 Å². The van der Waals surface area contributed by atoms with Crippen molar-refractivity contribution >= 4 is 17.1 Å². The molecule has 1 aromatic carbocycles. The number of nitro benzene ring substituents is 1. The second-order valence-electron chi connectivity index (χ2n) is 5.68. The molecular weight excluding hydrogens is 230 g/mol. The molecule has 5 heteroatoms. The number of hydrogen-bond donors (Lipinski definition) is 2. The fourth-order valence-electron chi connectivity index (χ4n) is 1.39. The summed E-state index contributed by atoms with van der Waals surface area (Å²) in [6, 6.07) is 4.49. The highest BCUT2D eigenvalue weighted by Crippen LogP contribution is 2.28. The highest BCUT2D eigenvalue weighted by Gasteiger charge is 2.19. The standard InChI is InChI=1S/C13H21N3O2/c1-9(13(2,3)4)8-15-12-6-5-10(16(17)18)7-11(12)14/h5-7,9,15H,8,14H2,1-4H3. The third-order valence-electron chi connectivity index (χ3n) is 3.32. The van der Waals surface area contributed by atoms with Crippen molar-refractivity contribution in [2.24, 2.45) is 11.3 Å². The van der Waals surface area contributed by atoms with Gasteiger partial charge in [-0.25, -0.2) is 0 Å². The zero-order valence-corrected chi connectivity index (χ0v) is 11.4. The molecule has 100 valence electrons. The minimum Gasteiger partial charge on any atom is -0.397 e.